The van der Waals surface area contributed by atoms with E-state index in [9.17, 15) is 0 Å². The van der Waals surface area contributed by atoms with Crippen LogP contribution in [0.4, 0.5) is 0 Å². The van der Waals surface area contributed by atoms with Gasteiger partial charge in [0.1, 0.15) is 0 Å². The van der Waals surface area contributed by atoms with Gasteiger partial charge in [-0.1, -0.05) is 75.9 Å². The first-order valence-electron chi connectivity index (χ1n) is 4.95. The van der Waals surface area contributed by atoms with Crippen molar-refractivity contribution in [2.75, 3.05) is 0 Å². The molecule has 0 amide bonds. The molecule has 0 atom stereocenters. The maximum atomic E-state index is 3.59. The molecule has 4 heteroatoms. The minimum Gasteiger partial charge on any atom is -0.0600 e. The average molecular weight is 484 g/mol. The first-order valence-corrected chi connectivity index (χ1v) is 8.12. The van der Waals surface area contributed by atoms with E-state index in [4.69, 9.17) is 0 Å². The van der Waals surface area contributed by atoms with Crippen molar-refractivity contribution >= 4 is 63.7 Å². The van der Waals surface area contributed by atoms with Crippen LogP contribution >= 0.6 is 63.7 Å². The summed E-state index contributed by atoms with van der Waals surface area (Å²) in [5, 5.41) is 0. The predicted molar refractivity (Wildman–Crippen MR) is 86.5 cm³/mol. The van der Waals surface area contributed by atoms with Crippen LogP contribution < -0.4 is 0 Å². The molecule has 2 rings (SSSR count). The van der Waals surface area contributed by atoms with Crippen LogP contribution in [0.3, 0.4) is 0 Å². The lowest BCUT2D eigenvalue weighted by molar-refractivity contribution is 1.14. The van der Waals surface area contributed by atoms with Gasteiger partial charge in [-0.2, -0.15) is 0 Å². The molecule has 0 bridgehead atoms. The van der Waals surface area contributed by atoms with E-state index in [0.717, 1.165) is 24.3 Å². The Hall–Kier alpha value is 0.360. The topological polar surface area (TPSA) is 0 Å². The third-order valence-electron chi connectivity index (χ3n) is 2.48. The van der Waals surface area contributed by atoms with Crippen molar-refractivity contribution in [1.82, 2.24) is 0 Å². The van der Waals surface area contributed by atoms with Crippen LogP contribution in [0.1, 0.15) is 11.1 Å². The van der Waals surface area contributed by atoms with Crippen molar-refractivity contribution in [1.29, 1.82) is 0 Å². The van der Waals surface area contributed by atoms with E-state index in [1.54, 1.807) is 0 Å². The number of hydrogen-bond donors (Lipinski definition) is 0. The number of halogens is 4. The zero-order chi connectivity index (χ0) is 12.4. The Morgan fingerprint density at radius 1 is 0.588 bits per heavy atom. The molecule has 0 aliphatic rings. The molecular formula is C13H8Br4. The predicted octanol–water partition coefficient (Wildman–Crippen LogP) is 6.33. The zero-order valence-corrected chi connectivity index (χ0v) is 15.0. The van der Waals surface area contributed by atoms with Gasteiger partial charge in [0, 0.05) is 24.3 Å². The van der Waals surface area contributed by atoms with Crippen molar-refractivity contribution in [2.24, 2.45) is 0 Å². The Morgan fingerprint density at radius 2 is 0.882 bits per heavy atom. The van der Waals surface area contributed by atoms with Crippen molar-refractivity contribution in [2.45, 2.75) is 6.42 Å². The monoisotopic (exact) mass is 480 g/mol. The number of hydrogen-bond acceptors (Lipinski definition) is 0. The Morgan fingerprint density at radius 3 is 1.18 bits per heavy atom. The molecular weight excluding hydrogens is 476 g/mol. The average Bonchev–Trinajstić information content (AvgIpc) is 2.27. The molecule has 0 N–H and O–H groups in total. The van der Waals surface area contributed by atoms with E-state index in [-0.39, 0.29) is 0 Å². The van der Waals surface area contributed by atoms with Gasteiger partial charge in [0.15, 0.2) is 0 Å². The lowest BCUT2D eigenvalue weighted by atomic mass is 10.1. The Bertz CT molecular complexity index is 459. The molecule has 0 aromatic heterocycles. The smallest absolute Gasteiger partial charge is 0.0221 e. The highest BCUT2D eigenvalue weighted by molar-refractivity contribution is 9.11. The SMILES string of the molecule is Brc1cccc(Br)c1Cc1c(Br)cccc1Br. The van der Waals surface area contributed by atoms with Crippen LogP contribution in [0.2, 0.25) is 0 Å². The van der Waals surface area contributed by atoms with Gasteiger partial charge in [0.05, 0.1) is 0 Å². The summed E-state index contributed by atoms with van der Waals surface area (Å²) in [5.74, 6) is 0. The van der Waals surface area contributed by atoms with Crippen molar-refractivity contribution < 1.29 is 0 Å². The fraction of sp³-hybridized carbons (Fsp3) is 0.0769. The minimum absolute atomic E-state index is 0.865. The molecule has 2 aromatic rings. The number of benzene rings is 2. The van der Waals surface area contributed by atoms with Crippen LogP contribution in [-0.4, -0.2) is 0 Å². The maximum absolute atomic E-state index is 3.59. The van der Waals surface area contributed by atoms with Gasteiger partial charge in [-0.3, -0.25) is 0 Å². The van der Waals surface area contributed by atoms with Gasteiger partial charge in [0.25, 0.3) is 0 Å². The van der Waals surface area contributed by atoms with E-state index < -0.39 is 0 Å². The van der Waals surface area contributed by atoms with Crippen molar-refractivity contribution in [3.63, 3.8) is 0 Å². The lowest BCUT2D eigenvalue weighted by Gasteiger charge is -2.10. The quantitative estimate of drug-likeness (QED) is 0.468. The summed E-state index contributed by atoms with van der Waals surface area (Å²) in [6.07, 6.45) is 0.865. The van der Waals surface area contributed by atoms with Gasteiger partial charge < -0.3 is 0 Å². The van der Waals surface area contributed by atoms with Crippen LogP contribution in [0.5, 0.6) is 0 Å². The second-order valence-electron chi connectivity index (χ2n) is 3.58. The summed E-state index contributed by atoms with van der Waals surface area (Å²) in [7, 11) is 0. The molecule has 2 aromatic carbocycles. The second kappa shape index (κ2) is 6.00. The normalized spacial score (nSPS) is 10.6. The first kappa shape index (κ1) is 13.8. The number of rotatable bonds is 2. The third-order valence-corrected chi connectivity index (χ3v) is 5.45. The fourth-order valence-corrected chi connectivity index (χ4v) is 4.14. The maximum Gasteiger partial charge on any atom is 0.0221 e. The highest BCUT2D eigenvalue weighted by Crippen LogP contribution is 2.33. The largest absolute Gasteiger partial charge is 0.0600 e. The van der Waals surface area contributed by atoms with E-state index >= 15 is 0 Å². The van der Waals surface area contributed by atoms with E-state index in [0.29, 0.717) is 0 Å². The molecule has 0 nitrogen and oxygen atoms in total. The lowest BCUT2D eigenvalue weighted by Crippen LogP contribution is -1.94. The summed E-state index contributed by atoms with van der Waals surface area (Å²) in [4.78, 5) is 0. The molecule has 88 valence electrons. The van der Waals surface area contributed by atoms with Gasteiger partial charge >= 0.3 is 0 Å². The van der Waals surface area contributed by atoms with Crippen LogP contribution in [0.15, 0.2) is 54.3 Å². The summed E-state index contributed by atoms with van der Waals surface area (Å²) in [6, 6.07) is 12.3. The van der Waals surface area contributed by atoms with E-state index in [2.05, 4.69) is 88.0 Å². The molecule has 0 saturated carbocycles. The summed E-state index contributed by atoms with van der Waals surface area (Å²) in [5.41, 5.74) is 2.50. The molecule has 0 heterocycles. The second-order valence-corrected chi connectivity index (χ2v) is 6.99. The molecule has 0 radical (unpaired) electrons. The Balaban J connectivity index is 2.45. The van der Waals surface area contributed by atoms with Crippen LogP contribution in [-0.2, 0) is 6.42 Å². The minimum atomic E-state index is 0.865. The molecule has 0 aliphatic heterocycles. The molecule has 0 spiro atoms. The summed E-state index contributed by atoms with van der Waals surface area (Å²) in [6.45, 7) is 0. The molecule has 0 unspecified atom stereocenters. The molecule has 17 heavy (non-hydrogen) atoms. The Kier molecular flexibility index (Phi) is 4.87. The van der Waals surface area contributed by atoms with Gasteiger partial charge in [-0.15, -0.1) is 0 Å². The Labute approximate surface area is 134 Å². The molecule has 0 saturated heterocycles. The standard InChI is InChI=1S/C13H8Br4/c14-10-3-1-4-11(15)8(10)7-9-12(16)5-2-6-13(9)17/h1-6H,7H2. The molecule has 0 aliphatic carbocycles. The first-order chi connectivity index (χ1) is 8.09. The van der Waals surface area contributed by atoms with Crippen molar-refractivity contribution in [3.8, 4) is 0 Å². The van der Waals surface area contributed by atoms with Crippen molar-refractivity contribution in [3.05, 3.63) is 65.4 Å². The zero-order valence-electron chi connectivity index (χ0n) is 8.68. The summed E-state index contributed by atoms with van der Waals surface area (Å²) >= 11 is 14.4. The molecule has 0 fully saturated rings. The van der Waals surface area contributed by atoms with Crippen LogP contribution in [0.25, 0.3) is 0 Å². The van der Waals surface area contributed by atoms with Gasteiger partial charge in [-0.25, -0.2) is 0 Å². The highest BCUT2D eigenvalue weighted by Gasteiger charge is 2.10. The third kappa shape index (κ3) is 3.22. The van der Waals surface area contributed by atoms with E-state index in [1.165, 1.54) is 11.1 Å². The van der Waals surface area contributed by atoms with Gasteiger partial charge in [0.2, 0.25) is 0 Å². The summed E-state index contributed by atoms with van der Waals surface area (Å²) < 4.78 is 4.48. The highest BCUT2D eigenvalue weighted by atomic mass is 79.9. The van der Waals surface area contributed by atoms with Gasteiger partial charge in [-0.05, 0) is 35.4 Å². The van der Waals surface area contributed by atoms with Crippen LogP contribution in [0, 0.1) is 0 Å². The van der Waals surface area contributed by atoms with E-state index in [1.807, 2.05) is 12.1 Å². The fourth-order valence-electron chi connectivity index (χ4n) is 1.58.